The summed E-state index contributed by atoms with van der Waals surface area (Å²) in [6.07, 6.45) is 2.93. The number of benzene rings is 1. The van der Waals surface area contributed by atoms with E-state index in [1.807, 2.05) is 18.2 Å². The van der Waals surface area contributed by atoms with Crippen LogP contribution < -0.4 is 0 Å². The molecule has 0 heterocycles. The first-order valence-corrected chi connectivity index (χ1v) is 6.16. The van der Waals surface area contributed by atoms with Crippen LogP contribution in [0.25, 0.3) is 0 Å². The maximum Gasteiger partial charge on any atom is 0.0599 e. The highest BCUT2D eigenvalue weighted by molar-refractivity contribution is 5.14. The van der Waals surface area contributed by atoms with Crippen molar-refractivity contribution < 1.29 is 10.2 Å². The second-order valence-electron chi connectivity index (χ2n) is 4.52. The Hall–Kier alpha value is -1.12. The van der Waals surface area contributed by atoms with Gasteiger partial charge in [-0.25, -0.2) is 0 Å². The van der Waals surface area contributed by atoms with Crippen LogP contribution >= 0.6 is 0 Å². The van der Waals surface area contributed by atoms with Gasteiger partial charge in [-0.1, -0.05) is 36.4 Å². The number of allylic oxidation sites excluding steroid dienone is 1. The van der Waals surface area contributed by atoms with E-state index in [0.29, 0.717) is 12.8 Å². The number of rotatable bonds is 7. The van der Waals surface area contributed by atoms with Crippen molar-refractivity contribution in [1.82, 2.24) is 0 Å². The summed E-state index contributed by atoms with van der Waals surface area (Å²) in [7, 11) is 0. The van der Waals surface area contributed by atoms with Gasteiger partial charge in [0.05, 0.1) is 12.2 Å². The van der Waals surface area contributed by atoms with Crippen LogP contribution in [0.15, 0.2) is 43.0 Å². The summed E-state index contributed by atoms with van der Waals surface area (Å²) >= 11 is 0. The first kappa shape index (κ1) is 13.9. The summed E-state index contributed by atoms with van der Waals surface area (Å²) in [4.78, 5) is 0. The van der Waals surface area contributed by atoms with Crippen LogP contribution in [0.3, 0.4) is 0 Å². The van der Waals surface area contributed by atoms with Gasteiger partial charge in [-0.2, -0.15) is 0 Å². The minimum Gasteiger partial charge on any atom is -0.393 e. The van der Waals surface area contributed by atoms with Crippen LogP contribution in [0.1, 0.15) is 25.3 Å². The van der Waals surface area contributed by atoms with E-state index in [-0.39, 0.29) is 5.92 Å². The first-order chi connectivity index (χ1) is 8.15. The van der Waals surface area contributed by atoms with E-state index < -0.39 is 12.2 Å². The molecule has 1 aromatic rings. The van der Waals surface area contributed by atoms with Crippen LogP contribution in [0.5, 0.6) is 0 Å². The second-order valence-corrected chi connectivity index (χ2v) is 4.52. The lowest BCUT2D eigenvalue weighted by Crippen LogP contribution is -2.30. The van der Waals surface area contributed by atoms with E-state index in [1.165, 1.54) is 5.56 Å². The average Bonchev–Trinajstić information content (AvgIpc) is 2.34. The molecule has 2 heteroatoms. The lowest BCUT2D eigenvalue weighted by atomic mass is 9.89. The zero-order chi connectivity index (χ0) is 12.7. The minimum atomic E-state index is -0.501. The molecule has 0 bridgehead atoms. The van der Waals surface area contributed by atoms with Crippen LogP contribution in [0, 0.1) is 5.92 Å². The van der Waals surface area contributed by atoms with Crippen LogP contribution in [-0.2, 0) is 6.42 Å². The molecule has 1 aromatic carbocycles. The Morgan fingerprint density at radius 3 is 2.41 bits per heavy atom. The molecule has 0 saturated carbocycles. The second kappa shape index (κ2) is 7.25. The molecule has 0 fully saturated rings. The normalized spacial score (nSPS) is 16.2. The Labute approximate surface area is 104 Å². The fraction of sp³-hybridized carbons (Fsp3) is 0.467. The predicted molar refractivity (Wildman–Crippen MR) is 70.8 cm³/mol. The highest BCUT2D eigenvalue weighted by atomic mass is 16.3. The third-order valence-corrected chi connectivity index (χ3v) is 3.12. The van der Waals surface area contributed by atoms with Gasteiger partial charge in [-0.05, 0) is 31.7 Å². The molecule has 1 rings (SSSR count). The fourth-order valence-electron chi connectivity index (χ4n) is 2.04. The lowest BCUT2D eigenvalue weighted by molar-refractivity contribution is 0.0191. The van der Waals surface area contributed by atoms with Crippen molar-refractivity contribution in [2.75, 3.05) is 0 Å². The molecule has 2 nitrogen and oxygen atoms in total. The van der Waals surface area contributed by atoms with Gasteiger partial charge >= 0.3 is 0 Å². The average molecular weight is 234 g/mol. The van der Waals surface area contributed by atoms with E-state index in [0.717, 1.165) is 6.42 Å². The molecule has 0 saturated heterocycles. The predicted octanol–water partition coefficient (Wildman–Crippen LogP) is 2.55. The van der Waals surface area contributed by atoms with Crippen molar-refractivity contribution in [2.45, 2.75) is 38.4 Å². The van der Waals surface area contributed by atoms with E-state index in [2.05, 4.69) is 18.7 Å². The van der Waals surface area contributed by atoms with E-state index in [4.69, 9.17) is 0 Å². The molecule has 0 unspecified atom stereocenters. The Kier molecular flexibility index (Phi) is 5.95. The summed E-state index contributed by atoms with van der Waals surface area (Å²) in [5.41, 5.74) is 1.22. The number of aryl methyl sites for hydroxylation is 1. The van der Waals surface area contributed by atoms with Gasteiger partial charge in [0.1, 0.15) is 0 Å². The van der Waals surface area contributed by atoms with Crippen molar-refractivity contribution in [3.8, 4) is 0 Å². The fourth-order valence-corrected chi connectivity index (χ4v) is 2.04. The quantitative estimate of drug-likeness (QED) is 0.712. The number of aliphatic hydroxyl groups excluding tert-OH is 2. The molecule has 0 radical (unpaired) electrons. The third-order valence-electron chi connectivity index (χ3n) is 3.12. The lowest BCUT2D eigenvalue weighted by Gasteiger charge is -2.24. The first-order valence-electron chi connectivity index (χ1n) is 6.16. The highest BCUT2D eigenvalue weighted by Crippen LogP contribution is 2.19. The smallest absolute Gasteiger partial charge is 0.0599 e. The molecule has 3 atom stereocenters. The number of aliphatic hydroxyl groups is 2. The maximum atomic E-state index is 10.1. The van der Waals surface area contributed by atoms with Gasteiger partial charge in [0.25, 0.3) is 0 Å². The monoisotopic (exact) mass is 234 g/mol. The van der Waals surface area contributed by atoms with Gasteiger partial charge in [0, 0.05) is 5.92 Å². The van der Waals surface area contributed by atoms with Crippen molar-refractivity contribution >= 4 is 0 Å². The summed E-state index contributed by atoms with van der Waals surface area (Å²) in [6, 6.07) is 10.1. The molecule has 0 aliphatic heterocycles. The number of hydrogen-bond acceptors (Lipinski definition) is 2. The van der Waals surface area contributed by atoms with Crippen molar-refractivity contribution in [1.29, 1.82) is 0 Å². The topological polar surface area (TPSA) is 40.5 Å². The van der Waals surface area contributed by atoms with Gasteiger partial charge < -0.3 is 10.2 Å². The molecule has 94 valence electrons. The summed E-state index contributed by atoms with van der Waals surface area (Å²) < 4.78 is 0. The van der Waals surface area contributed by atoms with E-state index in [9.17, 15) is 10.2 Å². The Morgan fingerprint density at radius 1 is 1.24 bits per heavy atom. The minimum absolute atomic E-state index is 0.115. The summed E-state index contributed by atoms with van der Waals surface area (Å²) in [5, 5.41) is 19.7. The zero-order valence-corrected chi connectivity index (χ0v) is 10.4. The summed E-state index contributed by atoms with van der Waals surface area (Å²) in [5.74, 6) is -0.115. The van der Waals surface area contributed by atoms with Gasteiger partial charge in [-0.3, -0.25) is 0 Å². The Balaban J connectivity index is 2.47. The van der Waals surface area contributed by atoms with Crippen molar-refractivity contribution in [2.24, 2.45) is 5.92 Å². The van der Waals surface area contributed by atoms with Gasteiger partial charge in [0.2, 0.25) is 0 Å². The highest BCUT2D eigenvalue weighted by Gasteiger charge is 2.22. The van der Waals surface area contributed by atoms with Crippen molar-refractivity contribution in [3.63, 3.8) is 0 Å². The molecular formula is C15H22O2. The molecule has 0 amide bonds. The van der Waals surface area contributed by atoms with E-state index in [1.54, 1.807) is 13.0 Å². The molecule has 0 aromatic heterocycles. The van der Waals surface area contributed by atoms with Crippen LogP contribution in [0.2, 0.25) is 0 Å². The maximum absolute atomic E-state index is 10.1. The van der Waals surface area contributed by atoms with Gasteiger partial charge in [-0.15, -0.1) is 6.58 Å². The molecule has 0 spiro atoms. The number of hydrogen-bond donors (Lipinski definition) is 2. The zero-order valence-electron chi connectivity index (χ0n) is 10.4. The Bertz CT molecular complexity index is 319. The molecule has 0 aliphatic carbocycles. The molecule has 0 aliphatic rings. The standard InChI is InChI=1S/C15H22O2/c1-3-7-14(12(2)16)15(17)11-10-13-8-5-4-6-9-13/h3-6,8-9,12,14-17H,1,7,10-11H2,2H3/t12-,14+,15-/m0/s1. The van der Waals surface area contributed by atoms with Crippen LogP contribution in [0.4, 0.5) is 0 Å². The molecular weight excluding hydrogens is 212 g/mol. The van der Waals surface area contributed by atoms with Crippen LogP contribution in [-0.4, -0.2) is 22.4 Å². The SMILES string of the molecule is C=CC[C@H]([C@H](C)O)[C@@H](O)CCc1ccccc1. The van der Waals surface area contributed by atoms with Crippen molar-refractivity contribution in [3.05, 3.63) is 48.6 Å². The molecule has 17 heavy (non-hydrogen) atoms. The largest absolute Gasteiger partial charge is 0.393 e. The van der Waals surface area contributed by atoms with E-state index >= 15 is 0 Å². The summed E-state index contributed by atoms with van der Waals surface area (Å²) in [6.45, 7) is 5.38. The molecule has 2 N–H and O–H groups in total. The van der Waals surface area contributed by atoms with Gasteiger partial charge in [0.15, 0.2) is 0 Å². The Morgan fingerprint density at radius 2 is 1.88 bits per heavy atom. The third kappa shape index (κ3) is 4.72.